The third kappa shape index (κ3) is 4.07. The number of nitrogens with zero attached hydrogens (tertiary/aromatic N) is 4. The summed E-state index contributed by atoms with van der Waals surface area (Å²) in [5, 5.41) is 8.58. The second kappa shape index (κ2) is 6.62. The van der Waals surface area contributed by atoms with Gasteiger partial charge in [0, 0.05) is 12.5 Å². The van der Waals surface area contributed by atoms with E-state index in [9.17, 15) is 4.79 Å². The Labute approximate surface area is 129 Å². The monoisotopic (exact) mass is 309 g/mol. The summed E-state index contributed by atoms with van der Waals surface area (Å²) in [6.07, 6.45) is 3.35. The molecule has 0 aromatic carbocycles. The molecule has 21 heavy (non-hydrogen) atoms. The highest BCUT2D eigenvalue weighted by Crippen LogP contribution is 2.21. The summed E-state index contributed by atoms with van der Waals surface area (Å²) < 4.78 is 1.36. The fourth-order valence-corrected chi connectivity index (χ4v) is 2.96. The van der Waals surface area contributed by atoms with Gasteiger partial charge in [0.15, 0.2) is 0 Å². The van der Waals surface area contributed by atoms with Crippen LogP contribution in [-0.4, -0.2) is 48.1 Å². The van der Waals surface area contributed by atoms with E-state index >= 15 is 0 Å². The lowest BCUT2D eigenvalue weighted by Crippen LogP contribution is -2.31. The summed E-state index contributed by atoms with van der Waals surface area (Å²) in [6, 6.07) is 0.235. The Kier molecular flexibility index (Phi) is 5.05. The Balaban J connectivity index is 2.19. The molecule has 0 atom stereocenters. The van der Waals surface area contributed by atoms with Gasteiger partial charge in [0.2, 0.25) is 4.80 Å². The number of piperidine rings is 1. The molecular formula is C14H23N5OS. The van der Waals surface area contributed by atoms with Crippen LogP contribution in [0.2, 0.25) is 0 Å². The van der Waals surface area contributed by atoms with Crippen LogP contribution in [0.15, 0.2) is 9.98 Å². The van der Waals surface area contributed by atoms with Crippen molar-refractivity contribution in [2.24, 2.45) is 9.98 Å². The minimum Gasteiger partial charge on any atom is -0.317 e. The van der Waals surface area contributed by atoms with E-state index in [4.69, 9.17) is 0 Å². The Morgan fingerprint density at radius 1 is 1.43 bits per heavy atom. The topological polar surface area (TPSA) is 71.6 Å². The fraction of sp³-hybridized carbons (Fsp3) is 0.714. The summed E-state index contributed by atoms with van der Waals surface area (Å²) in [4.78, 5) is 21.4. The van der Waals surface area contributed by atoms with E-state index < -0.39 is 0 Å². The number of carbonyl (C=O) groups is 1. The van der Waals surface area contributed by atoms with Crippen LogP contribution in [0.3, 0.4) is 0 Å². The predicted molar refractivity (Wildman–Crippen MR) is 85.3 cm³/mol. The molecule has 0 spiro atoms. The van der Waals surface area contributed by atoms with E-state index in [0.29, 0.717) is 4.80 Å². The molecule has 7 heteroatoms. The van der Waals surface area contributed by atoms with Gasteiger partial charge in [-0.2, -0.15) is 9.78 Å². The number of carbonyl (C=O) groups excluding carboxylic acids is 1. The zero-order chi connectivity index (χ0) is 15.5. The quantitative estimate of drug-likeness (QED) is 0.835. The molecule has 0 aliphatic carbocycles. The third-order valence-corrected chi connectivity index (χ3v) is 4.73. The lowest BCUT2D eigenvalue weighted by atomic mass is 9.98. The molecule has 0 radical (unpaired) electrons. The Morgan fingerprint density at radius 2 is 2.10 bits per heavy atom. The summed E-state index contributed by atoms with van der Waals surface area (Å²) in [7, 11) is 1.67. The van der Waals surface area contributed by atoms with Gasteiger partial charge in [0.25, 0.3) is 5.91 Å². The van der Waals surface area contributed by atoms with Crippen LogP contribution in [0.1, 0.15) is 43.4 Å². The van der Waals surface area contributed by atoms with E-state index in [-0.39, 0.29) is 17.4 Å². The number of hydrogen-bond acceptors (Lipinski definition) is 6. The second-order valence-electron chi connectivity index (χ2n) is 6.17. The zero-order valence-electron chi connectivity index (χ0n) is 13.1. The molecule has 0 amide bonds. The number of hydrogen-bond donors (Lipinski definition) is 1. The van der Waals surface area contributed by atoms with Crippen molar-refractivity contribution in [3.05, 3.63) is 9.81 Å². The van der Waals surface area contributed by atoms with E-state index in [0.717, 1.165) is 30.9 Å². The molecule has 0 saturated carbocycles. The SMILES string of the molecule is C/N=c1/sc(C(C)(C)C)nn1C(=O)/C=N/C1CCNCC1. The van der Waals surface area contributed by atoms with Crippen LogP contribution >= 0.6 is 11.3 Å². The van der Waals surface area contributed by atoms with Gasteiger partial charge in [-0.25, -0.2) is 0 Å². The average molecular weight is 309 g/mol. The van der Waals surface area contributed by atoms with E-state index in [2.05, 4.69) is 41.2 Å². The molecule has 2 heterocycles. The average Bonchev–Trinajstić information content (AvgIpc) is 2.90. The molecular weight excluding hydrogens is 286 g/mol. The molecule has 0 unspecified atom stereocenters. The van der Waals surface area contributed by atoms with Crippen LogP contribution in [0.25, 0.3) is 0 Å². The molecule has 1 fully saturated rings. The number of aromatic nitrogens is 2. The molecule has 2 rings (SSSR count). The second-order valence-corrected chi connectivity index (χ2v) is 7.13. The molecule has 1 aliphatic rings. The maximum atomic E-state index is 12.3. The minimum atomic E-state index is -0.221. The van der Waals surface area contributed by atoms with E-state index in [1.165, 1.54) is 22.2 Å². The van der Waals surface area contributed by atoms with Crippen LogP contribution in [0.5, 0.6) is 0 Å². The number of rotatable bonds is 2. The summed E-state index contributed by atoms with van der Waals surface area (Å²) in [5.74, 6) is -0.221. The van der Waals surface area contributed by atoms with Gasteiger partial charge >= 0.3 is 0 Å². The van der Waals surface area contributed by atoms with Crippen molar-refractivity contribution in [3.8, 4) is 0 Å². The molecule has 1 N–H and O–H groups in total. The summed E-state index contributed by atoms with van der Waals surface area (Å²) in [6.45, 7) is 8.14. The standard InChI is InChI=1S/C14H23N5OS/c1-14(2,3)12-18-19(13(15-4)21-12)11(20)9-17-10-5-7-16-8-6-10/h9-10,16H,5-8H2,1-4H3/b15-13+,17-9+. The molecule has 6 nitrogen and oxygen atoms in total. The van der Waals surface area contributed by atoms with Crippen molar-refractivity contribution in [2.45, 2.75) is 45.1 Å². The van der Waals surface area contributed by atoms with Crippen LogP contribution < -0.4 is 10.1 Å². The zero-order valence-corrected chi connectivity index (χ0v) is 13.9. The van der Waals surface area contributed by atoms with Crippen molar-refractivity contribution in [2.75, 3.05) is 20.1 Å². The first-order chi connectivity index (χ1) is 9.91. The fourth-order valence-electron chi connectivity index (χ4n) is 2.05. The summed E-state index contributed by atoms with van der Waals surface area (Å²) >= 11 is 1.45. The first kappa shape index (κ1) is 16.0. The Morgan fingerprint density at radius 3 is 2.67 bits per heavy atom. The Bertz CT molecular complexity index is 587. The maximum Gasteiger partial charge on any atom is 0.291 e. The van der Waals surface area contributed by atoms with Crippen molar-refractivity contribution >= 4 is 23.5 Å². The van der Waals surface area contributed by atoms with Gasteiger partial charge in [-0.1, -0.05) is 32.1 Å². The first-order valence-electron chi connectivity index (χ1n) is 7.23. The van der Waals surface area contributed by atoms with Crippen molar-refractivity contribution in [1.29, 1.82) is 0 Å². The third-order valence-electron chi connectivity index (χ3n) is 3.31. The summed E-state index contributed by atoms with van der Waals surface area (Å²) in [5.41, 5.74) is -0.0954. The Hall–Kier alpha value is -1.34. The van der Waals surface area contributed by atoms with Gasteiger partial charge in [-0.3, -0.25) is 14.8 Å². The molecule has 1 saturated heterocycles. The lowest BCUT2D eigenvalue weighted by Gasteiger charge is -2.18. The number of nitrogens with one attached hydrogen (secondary N) is 1. The van der Waals surface area contributed by atoms with Crippen molar-refractivity contribution in [3.63, 3.8) is 0 Å². The maximum absolute atomic E-state index is 12.3. The molecule has 0 bridgehead atoms. The van der Waals surface area contributed by atoms with Gasteiger partial charge in [-0.15, -0.1) is 0 Å². The van der Waals surface area contributed by atoms with Crippen molar-refractivity contribution < 1.29 is 4.79 Å². The molecule has 1 aromatic heterocycles. The van der Waals surface area contributed by atoms with Crippen LogP contribution in [-0.2, 0) is 5.41 Å². The van der Waals surface area contributed by atoms with Gasteiger partial charge < -0.3 is 5.32 Å². The number of aliphatic imine (C=N–C) groups is 1. The van der Waals surface area contributed by atoms with Gasteiger partial charge in [0.1, 0.15) is 5.01 Å². The minimum absolute atomic E-state index is 0.0954. The normalized spacial score (nSPS) is 18.6. The van der Waals surface area contributed by atoms with Gasteiger partial charge in [-0.05, 0) is 25.9 Å². The van der Waals surface area contributed by atoms with Crippen LogP contribution in [0.4, 0.5) is 0 Å². The van der Waals surface area contributed by atoms with Crippen LogP contribution in [0, 0.1) is 0 Å². The highest BCUT2D eigenvalue weighted by Gasteiger charge is 2.21. The first-order valence-corrected chi connectivity index (χ1v) is 8.05. The van der Waals surface area contributed by atoms with E-state index in [1.807, 2.05) is 0 Å². The van der Waals surface area contributed by atoms with Gasteiger partial charge in [0.05, 0.1) is 12.3 Å². The van der Waals surface area contributed by atoms with Crippen molar-refractivity contribution in [1.82, 2.24) is 15.1 Å². The molecule has 1 aromatic rings. The largest absolute Gasteiger partial charge is 0.317 e. The molecule has 1 aliphatic heterocycles. The molecule has 116 valence electrons. The van der Waals surface area contributed by atoms with E-state index in [1.54, 1.807) is 7.05 Å². The highest BCUT2D eigenvalue weighted by atomic mass is 32.1. The smallest absolute Gasteiger partial charge is 0.291 e. The highest BCUT2D eigenvalue weighted by molar-refractivity contribution is 7.09. The lowest BCUT2D eigenvalue weighted by molar-refractivity contribution is 0.0975. The predicted octanol–water partition coefficient (Wildman–Crippen LogP) is 1.24.